The molecule has 2 bridgehead atoms. The second-order valence-corrected chi connectivity index (χ2v) is 23.2. The van der Waals surface area contributed by atoms with Gasteiger partial charge < -0.3 is 38.8 Å². The molecular weight excluding hydrogens is 923 g/mol. The van der Waals surface area contributed by atoms with Crippen molar-refractivity contribution in [3.05, 3.63) is 99.8 Å². The second-order valence-electron chi connectivity index (χ2n) is 21.6. The lowest BCUT2D eigenvalue weighted by atomic mass is 9.47. The number of fused-ring (bicyclic) bond motifs is 6. The number of esters is 3. The standard InChI is InChI=1S/C55H69N5O10S/c1-11-51(57-71(65,66)44-33(4)24-32(3)25-34(44)5)28-36-29-54(49(62)68-9,45-38(18-22-59(30-36)31-51)37-16-13-14-17-41(37)56-45)40-26-39-42(27-43(40)67-8)58(7)47-53(39)20-23-60-21-15-19-52(12-2,46(53)60)48(70-35(6)61)55(47,64)50(63)69-10/h13-17,19,24-27,36,46-48,56-57,64H,11-12,18,20-23,28-31H2,1-10H3/t36-,46+,47-,48-,51+,52-,53-,54+,55+/m1/s1. The van der Waals surface area contributed by atoms with Gasteiger partial charge in [0.1, 0.15) is 11.2 Å². The number of para-hydroxylation sites is 1. The molecule has 0 amide bonds. The Bertz CT molecular complexity index is 2990. The molecule has 71 heavy (non-hydrogen) atoms. The number of H-pyrrole nitrogens is 1. The minimum Gasteiger partial charge on any atom is -0.496 e. The SMILES string of the molecule is CC[C@]1(NS(=O)(=O)c2c(C)cc(C)cc2C)C[C@H]2CN(CCc3c([nH]c4ccccc34)[C@@](C(=O)OC)(c3cc4c(cc3OC)N(C)[C@H]3[C@@](O)(C(=O)OC)[C@H](OC(C)=O)[C@]5(CC)C=CCN6CC[C@]43[C@@H]65)C2)C1. The highest BCUT2D eigenvalue weighted by molar-refractivity contribution is 7.89. The van der Waals surface area contributed by atoms with E-state index in [2.05, 4.69) is 31.6 Å². The maximum atomic E-state index is 15.8. The van der Waals surface area contributed by atoms with Gasteiger partial charge >= 0.3 is 17.9 Å². The number of carbonyl (C=O) groups excluding carboxylic acids is 3. The van der Waals surface area contributed by atoms with E-state index in [-0.39, 0.29) is 23.3 Å². The van der Waals surface area contributed by atoms with E-state index in [4.69, 9.17) is 18.9 Å². The van der Waals surface area contributed by atoms with Gasteiger partial charge in [-0.25, -0.2) is 17.9 Å². The van der Waals surface area contributed by atoms with E-state index in [1.54, 1.807) is 7.11 Å². The van der Waals surface area contributed by atoms with Gasteiger partial charge in [-0.3, -0.25) is 14.5 Å². The predicted molar refractivity (Wildman–Crippen MR) is 269 cm³/mol. The molecule has 1 aliphatic carbocycles. The number of carbonyl (C=O) groups is 3. The van der Waals surface area contributed by atoms with Gasteiger partial charge in [0.2, 0.25) is 15.6 Å². The number of sulfonamides is 1. The average molecular weight is 992 g/mol. The highest BCUT2D eigenvalue weighted by atomic mass is 32.2. The summed E-state index contributed by atoms with van der Waals surface area (Å²) in [5, 5.41) is 14.5. The third kappa shape index (κ3) is 6.86. The molecule has 3 fully saturated rings. The first-order valence-corrected chi connectivity index (χ1v) is 26.6. The van der Waals surface area contributed by atoms with Crippen molar-refractivity contribution in [2.75, 3.05) is 66.0 Å². The molecule has 10 atom stereocenters. The molecule has 1 aromatic heterocycles. The Balaban J connectivity index is 1.22. The summed E-state index contributed by atoms with van der Waals surface area (Å²) in [7, 11) is 2.07. The number of anilines is 1. The summed E-state index contributed by atoms with van der Waals surface area (Å²) in [6.07, 6.45) is 5.43. The van der Waals surface area contributed by atoms with E-state index >= 15 is 4.79 Å². The van der Waals surface area contributed by atoms with E-state index in [9.17, 15) is 23.1 Å². The molecule has 3 aromatic carbocycles. The van der Waals surface area contributed by atoms with E-state index in [1.165, 1.54) is 21.1 Å². The Morgan fingerprint density at radius 3 is 2.30 bits per heavy atom. The number of likely N-dealkylation sites (N-methyl/N-ethyl adjacent to an activating group) is 1. The second kappa shape index (κ2) is 17.2. The Hall–Kier alpha value is -5.26. The summed E-state index contributed by atoms with van der Waals surface area (Å²) in [5.74, 6) is -1.88. The normalized spacial score (nSPS) is 32.9. The quantitative estimate of drug-likeness (QED) is 0.0973. The molecule has 380 valence electrons. The predicted octanol–water partition coefficient (Wildman–Crippen LogP) is 5.90. The van der Waals surface area contributed by atoms with Crippen molar-refractivity contribution in [3.63, 3.8) is 0 Å². The zero-order valence-electron chi connectivity index (χ0n) is 42.7. The zero-order valence-corrected chi connectivity index (χ0v) is 43.5. The summed E-state index contributed by atoms with van der Waals surface area (Å²) in [4.78, 5) is 54.3. The molecule has 1 saturated carbocycles. The lowest BCUT2D eigenvalue weighted by molar-refractivity contribution is -0.228. The van der Waals surface area contributed by atoms with Crippen molar-refractivity contribution in [1.29, 1.82) is 0 Å². The van der Waals surface area contributed by atoms with E-state index < -0.39 is 67.5 Å². The molecule has 16 heteroatoms. The number of ether oxygens (including phenoxy) is 4. The van der Waals surface area contributed by atoms with Crippen LogP contribution in [0.4, 0.5) is 5.69 Å². The Morgan fingerprint density at radius 1 is 0.915 bits per heavy atom. The summed E-state index contributed by atoms with van der Waals surface area (Å²) in [6, 6.07) is 14.5. The molecule has 3 N–H and O–H groups in total. The van der Waals surface area contributed by atoms with Crippen LogP contribution in [-0.2, 0) is 55.9 Å². The largest absolute Gasteiger partial charge is 0.496 e. The molecule has 6 aliphatic rings. The van der Waals surface area contributed by atoms with Gasteiger partial charge in [-0.1, -0.05) is 61.9 Å². The fraction of sp³-hybridized carbons (Fsp3) is 0.545. The van der Waals surface area contributed by atoms with Crippen molar-refractivity contribution >= 4 is 44.5 Å². The number of aromatic amines is 1. The molecular formula is C55H69N5O10S. The minimum absolute atomic E-state index is 0.223. The number of aliphatic hydroxyl groups is 1. The van der Waals surface area contributed by atoms with Crippen molar-refractivity contribution in [1.82, 2.24) is 19.5 Å². The summed E-state index contributed by atoms with van der Waals surface area (Å²) in [5.41, 5.74) is 0.139. The number of methoxy groups -OCH3 is 3. The Morgan fingerprint density at radius 2 is 1.63 bits per heavy atom. The number of hydrogen-bond donors (Lipinski definition) is 3. The van der Waals surface area contributed by atoms with Crippen molar-refractivity contribution in [2.45, 2.75) is 125 Å². The molecule has 15 nitrogen and oxygen atoms in total. The third-order valence-corrected chi connectivity index (χ3v) is 19.7. The molecule has 0 radical (unpaired) electrons. The maximum Gasteiger partial charge on any atom is 0.344 e. The number of nitrogens with zero attached hydrogens (tertiary/aromatic N) is 3. The topological polar surface area (TPSA) is 180 Å². The molecule has 2 saturated heterocycles. The number of aryl methyl sites for hydroxylation is 3. The monoisotopic (exact) mass is 991 g/mol. The van der Waals surface area contributed by atoms with Gasteiger partial charge in [-0.05, 0) is 106 Å². The molecule has 1 unspecified atom stereocenters. The lowest BCUT2D eigenvalue weighted by Gasteiger charge is -2.63. The molecule has 1 spiro atoms. The van der Waals surface area contributed by atoms with Gasteiger partial charge in [0.15, 0.2) is 6.10 Å². The fourth-order valence-corrected chi connectivity index (χ4v) is 17.5. The van der Waals surface area contributed by atoms with Crippen molar-refractivity contribution in [3.8, 4) is 5.75 Å². The zero-order chi connectivity index (χ0) is 50.8. The van der Waals surface area contributed by atoms with Crippen LogP contribution in [0.2, 0.25) is 0 Å². The van der Waals surface area contributed by atoms with Crippen LogP contribution < -0.4 is 14.4 Å². The van der Waals surface area contributed by atoms with Crippen molar-refractivity contribution < 1.29 is 46.9 Å². The van der Waals surface area contributed by atoms with Gasteiger partial charge in [-0.15, -0.1) is 0 Å². The molecule has 5 aliphatic heterocycles. The summed E-state index contributed by atoms with van der Waals surface area (Å²) < 4.78 is 57.1. The number of nitrogens with one attached hydrogen (secondary N) is 2. The van der Waals surface area contributed by atoms with Gasteiger partial charge in [0, 0.05) is 96.5 Å². The van der Waals surface area contributed by atoms with Crippen molar-refractivity contribution in [2.24, 2.45) is 11.3 Å². The van der Waals surface area contributed by atoms with E-state index in [0.717, 1.165) is 27.6 Å². The van der Waals surface area contributed by atoms with Crippen LogP contribution in [0.15, 0.2) is 65.6 Å². The van der Waals surface area contributed by atoms with Crippen LogP contribution in [0.1, 0.15) is 91.9 Å². The van der Waals surface area contributed by atoms with Crippen LogP contribution in [0.5, 0.6) is 5.75 Å². The number of aromatic nitrogens is 1. The Labute approximate surface area is 417 Å². The van der Waals surface area contributed by atoms with Crippen LogP contribution in [0.25, 0.3) is 10.9 Å². The third-order valence-electron chi connectivity index (χ3n) is 17.9. The highest BCUT2D eigenvalue weighted by Gasteiger charge is 2.80. The van der Waals surface area contributed by atoms with E-state index in [0.29, 0.717) is 98.6 Å². The van der Waals surface area contributed by atoms with Gasteiger partial charge in [-0.2, -0.15) is 0 Å². The van der Waals surface area contributed by atoms with Crippen LogP contribution in [0.3, 0.4) is 0 Å². The maximum absolute atomic E-state index is 15.8. The van der Waals surface area contributed by atoms with Crippen LogP contribution in [0, 0.1) is 32.1 Å². The lowest BCUT2D eigenvalue weighted by Crippen LogP contribution is -2.81. The number of benzene rings is 3. The number of hydrogen-bond acceptors (Lipinski definition) is 13. The van der Waals surface area contributed by atoms with Crippen LogP contribution in [-0.4, -0.2) is 137 Å². The fourth-order valence-electron chi connectivity index (χ4n) is 15.6. The Kier molecular flexibility index (Phi) is 11.9. The highest BCUT2D eigenvalue weighted by Crippen LogP contribution is 2.68. The molecule has 10 rings (SSSR count). The molecule has 6 heterocycles. The number of piperidine rings is 1. The van der Waals surface area contributed by atoms with Gasteiger partial charge in [0.05, 0.1) is 32.3 Å². The summed E-state index contributed by atoms with van der Waals surface area (Å²) in [6.45, 7) is 13.9. The number of rotatable bonds is 10. The van der Waals surface area contributed by atoms with Gasteiger partial charge in [0.25, 0.3) is 0 Å². The first-order valence-electron chi connectivity index (χ1n) is 25.1. The molecule has 4 aromatic rings. The van der Waals surface area contributed by atoms with E-state index in [1.807, 2.05) is 95.1 Å². The first-order chi connectivity index (χ1) is 33.7. The van der Waals surface area contributed by atoms with Crippen LogP contribution >= 0.6 is 0 Å². The average Bonchev–Trinajstić information content (AvgIpc) is 4.00. The smallest absolute Gasteiger partial charge is 0.344 e. The summed E-state index contributed by atoms with van der Waals surface area (Å²) >= 11 is 0. The first kappa shape index (κ1) is 49.3. The minimum atomic E-state index is -4.02.